The van der Waals surface area contributed by atoms with Gasteiger partial charge < -0.3 is 20.3 Å². The summed E-state index contributed by atoms with van der Waals surface area (Å²) in [5.74, 6) is 1.23. The van der Waals surface area contributed by atoms with Crippen LogP contribution in [0.25, 0.3) is 22.2 Å². The zero-order valence-corrected chi connectivity index (χ0v) is 19.5. The lowest BCUT2D eigenvalue weighted by atomic mass is 10.0. The van der Waals surface area contributed by atoms with Crippen LogP contribution in [0.2, 0.25) is 5.02 Å². The minimum atomic E-state index is -0.512. The fraction of sp³-hybridized carbons (Fsp3) is 0.391. The lowest BCUT2D eigenvalue weighted by Gasteiger charge is -2.36. The number of nitrogens with zero attached hydrogens (tertiary/aromatic N) is 5. The molecule has 1 amide bonds. The van der Waals surface area contributed by atoms with Crippen LogP contribution in [0.5, 0.6) is 0 Å². The Morgan fingerprint density at radius 2 is 1.84 bits per heavy atom. The number of halogens is 1. The number of anilines is 2. The highest BCUT2D eigenvalue weighted by Crippen LogP contribution is 2.35. The predicted octanol–water partition coefficient (Wildman–Crippen LogP) is 4.29. The summed E-state index contributed by atoms with van der Waals surface area (Å²) < 4.78 is 5.49. The summed E-state index contributed by atoms with van der Waals surface area (Å²) in [4.78, 5) is 29.7. The number of fused-ring (bicyclic) bond motifs is 1. The minimum Gasteiger partial charge on any atom is -0.444 e. The van der Waals surface area contributed by atoms with E-state index in [-0.39, 0.29) is 6.09 Å². The number of carbonyl (C=O) groups excluding carboxylic acids is 1. The lowest BCUT2D eigenvalue weighted by molar-refractivity contribution is 0.0240. The van der Waals surface area contributed by atoms with Gasteiger partial charge in [-0.15, -0.1) is 0 Å². The number of benzene rings is 1. The molecule has 0 saturated carbocycles. The van der Waals surface area contributed by atoms with Gasteiger partial charge in [0.25, 0.3) is 0 Å². The number of rotatable bonds is 2. The molecule has 9 heteroatoms. The number of pyridine rings is 1. The van der Waals surface area contributed by atoms with Crippen molar-refractivity contribution in [2.24, 2.45) is 0 Å². The molecule has 0 atom stereocenters. The van der Waals surface area contributed by atoms with Crippen molar-refractivity contribution in [1.82, 2.24) is 19.9 Å². The number of nitrogen functional groups attached to an aromatic ring is 1. The first-order valence-corrected chi connectivity index (χ1v) is 10.9. The number of aryl methyl sites for hydroxylation is 1. The Kier molecular flexibility index (Phi) is 5.81. The van der Waals surface area contributed by atoms with Crippen LogP contribution in [-0.2, 0) is 4.74 Å². The summed E-state index contributed by atoms with van der Waals surface area (Å²) in [5.41, 5.74) is 8.65. The summed E-state index contributed by atoms with van der Waals surface area (Å²) in [6.45, 7) is 9.96. The van der Waals surface area contributed by atoms with Gasteiger partial charge in [0, 0.05) is 37.1 Å². The number of hydrogen-bond acceptors (Lipinski definition) is 7. The van der Waals surface area contributed by atoms with Crippen LogP contribution in [0.4, 0.5) is 16.4 Å². The van der Waals surface area contributed by atoms with Gasteiger partial charge in [-0.05, 0) is 51.5 Å². The van der Waals surface area contributed by atoms with E-state index in [1.54, 1.807) is 17.3 Å². The van der Waals surface area contributed by atoms with E-state index >= 15 is 0 Å². The second kappa shape index (κ2) is 8.43. The molecule has 3 heterocycles. The van der Waals surface area contributed by atoms with E-state index in [4.69, 9.17) is 22.1 Å². The van der Waals surface area contributed by atoms with Crippen molar-refractivity contribution in [3.05, 3.63) is 41.2 Å². The smallest absolute Gasteiger partial charge is 0.410 e. The third-order valence-electron chi connectivity index (χ3n) is 5.31. The Hall–Kier alpha value is -3.13. The Morgan fingerprint density at radius 1 is 1.12 bits per heavy atom. The van der Waals surface area contributed by atoms with E-state index in [0.717, 1.165) is 33.5 Å². The lowest BCUT2D eigenvalue weighted by Crippen LogP contribution is -2.50. The second-order valence-corrected chi connectivity index (χ2v) is 9.31. The van der Waals surface area contributed by atoms with Crippen LogP contribution < -0.4 is 10.6 Å². The van der Waals surface area contributed by atoms with Crippen molar-refractivity contribution < 1.29 is 9.53 Å². The highest BCUT2D eigenvalue weighted by molar-refractivity contribution is 6.34. The number of ether oxygens (including phenoxy) is 1. The SMILES string of the molecule is Cc1ccc(N)nc1-c1cc2ncnc(N3CCN(C(=O)OC(C)(C)C)CC3)c2cc1Cl. The average Bonchev–Trinajstić information content (AvgIpc) is 2.73. The summed E-state index contributed by atoms with van der Waals surface area (Å²) in [6.07, 6.45) is 1.26. The molecular weight excluding hydrogens is 428 g/mol. The molecule has 1 aliphatic rings. The van der Waals surface area contributed by atoms with Gasteiger partial charge in [0.1, 0.15) is 23.6 Å². The second-order valence-electron chi connectivity index (χ2n) is 8.90. The minimum absolute atomic E-state index is 0.289. The molecule has 3 aromatic rings. The van der Waals surface area contributed by atoms with Gasteiger partial charge in [-0.3, -0.25) is 0 Å². The van der Waals surface area contributed by atoms with E-state index < -0.39 is 5.60 Å². The van der Waals surface area contributed by atoms with Gasteiger partial charge in [-0.25, -0.2) is 19.7 Å². The van der Waals surface area contributed by atoms with Crippen LogP contribution in [-0.4, -0.2) is 57.7 Å². The van der Waals surface area contributed by atoms with E-state index in [2.05, 4.69) is 19.9 Å². The maximum atomic E-state index is 12.4. The number of nitrogens with two attached hydrogens (primary N) is 1. The van der Waals surface area contributed by atoms with Crippen molar-refractivity contribution >= 4 is 40.2 Å². The molecule has 4 rings (SSSR count). The molecule has 32 heavy (non-hydrogen) atoms. The fourth-order valence-electron chi connectivity index (χ4n) is 3.74. The van der Waals surface area contributed by atoms with Crippen LogP contribution in [0.3, 0.4) is 0 Å². The molecule has 1 fully saturated rings. The quantitative estimate of drug-likeness (QED) is 0.616. The van der Waals surface area contributed by atoms with Crippen LogP contribution in [0, 0.1) is 6.92 Å². The normalized spacial score (nSPS) is 14.7. The zero-order valence-electron chi connectivity index (χ0n) is 18.7. The van der Waals surface area contributed by atoms with Gasteiger partial charge >= 0.3 is 6.09 Å². The van der Waals surface area contributed by atoms with Gasteiger partial charge in [0.05, 0.1) is 16.2 Å². The van der Waals surface area contributed by atoms with Gasteiger partial charge in [0.15, 0.2) is 0 Å². The number of aromatic nitrogens is 3. The fourth-order valence-corrected chi connectivity index (χ4v) is 3.99. The summed E-state index contributed by atoms with van der Waals surface area (Å²) in [7, 11) is 0. The standard InChI is InChI=1S/C23H27ClN6O2/c1-14-5-6-19(25)28-20(14)15-12-18-16(11-17(15)24)21(27-13-26-18)29-7-9-30(10-8-29)22(31)32-23(2,3)4/h5-6,11-13H,7-10H2,1-4H3,(H2,25,28). The van der Waals surface area contributed by atoms with Gasteiger partial charge in [0.2, 0.25) is 0 Å². The zero-order chi connectivity index (χ0) is 23.0. The molecule has 0 unspecified atom stereocenters. The first-order valence-electron chi connectivity index (χ1n) is 10.5. The Labute approximate surface area is 192 Å². The molecule has 0 radical (unpaired) electrons. The van der Waals surface area contributed by atoms with E-state index in [1.165, 1.54) is 0 Å². The maximum Gasteiger partial charge on any atom is 0.410 e. The van der Waals surface area contributed by atoms with Crippen molar-refractivity contribution in [1.29, 1.82) is 0 Å². The Balaban J connectivity index is 1.61. The average molecular weight is 455 g/mol. The first-order chi connectivity index (χ1) is 15.1. The molecule has 0 bridgehead atoms. The molecule has 168 valence electrons. The highest BCUT2D eigenvalue weighted by atomic mass is 35.5. The van der Waals surface area contributed by atoms with Crippen molar-refractivity contribution in [3.63, 3.8) is 0 Å². The highest BCUT2D eigenvalue weighted by Gasteiger charge is 2.27. The third-order valence-corrected chi connectivity index (χ3v) is 5.62. The molecule has 2 N–H and O–H groups in total. The molecule has 0 aliphatic carbocycles. The third kappa shape index (κ3) is 4.55. The summed E-state index contributed by atoms with van der Waals surface area (Å²) >= 11 is 6.67. The van der Waals surface area contributed by atoms with Crippen LogP contribution in [0.15, 0.2) is 30.6 Å². The number of hydrogen-bond donors (Lipinski definition) is 1. The Bertz CT molecular complexity index is 1170. The van der Waals surface area contributed by atoms with Gasteiger partial charge in [-0.2, -0.15) is 0 Å². The molecule has 2 aromatic heterocycles. The van der Waals surface area contributed by atoms with E-state index in [9.17, 15) is 4.79 Å². The molecule has 1 saturated heterocycles. The van der Waals surface area contributed by atoms with E-state index in [0.29, 0.717) is 37.0 Å². The van der Waals surface area contributed by atoms with Crippen molar-refractivity contribution in [3.8, 4) is 11.3 Å². The van der Waals surface area contributed by atoms with Crippen LogP contribution >= 0.6 is 11.6 Å². The molecule has 1 aliphatic heterocycles. The molecular formula is C23H27ClN6O2. The summed E-state index contributed by atoms with van der Waals surface area (Å²) in [5, 5.41) is 1.41. The van der Waals surface area contributed by atoms with E-state index in [1.807, 2.05) is 45.9 Å². The Morgan fingerprint density at radius 3 is 2.53 bits per heavy atom. The number of amides is 1. The summed E-state index contributed by atoms with van der Waals surface area (Å²) in [6, 6.07) is 7.50. The topological polar surface area (TPSA) is 97.5 Å². The number of carbonyl (C=O) groups is 1. The maximum absolute atomic E-state index is 12.4. The van der Waals surface area contributed by atoms with Crippen LogP contribution in [0.1, 0.15) is 26.3 Å². The molecule has 8 nitrogen and oxygen atoms in total. The molecule has 1 aromatic carbocycles. The first kappa shape index (κ1) is 22.1. The largest absolute Gasteiger partial charge is 0.444 e. The monoisotopic (exact) mass is 454 g/mol. The molecule has 0 spiro atoms. The predicted molar refractivity (Wildman–Crippen MR) is 127 cm³/mol. The van der Waals surface area contributed by atoms with Crippen molar-refractivity contribution in [2.75, 3.05) is 36.8 Å². The number of piperazine rings is 1. The van der Waals surface area contributed by atoms with Gasteiger partial charge in [-0.1, -0.05) is 17.7 Å². The van der Waals surface area contributed by atoms with Crippen molar-refractivity contribution in [2.45, 2.75) is 33.3 Å².